The molecule has 1 unspecified atom stereocenters. The number of anilines is 1. The first-order valence-corrected chi connectivity index (χ1v) is 8.78. The standard InChI is InChI=1S/C14H21N3O4S/c1-4-9-15-13(18)10(2)16-14(19)17-11-5-7-12(8-6-11)22(3,20)21/h5-8,10H,4,9H2,1-3H3,(H,15,18)(H2,16,17,19). The van der Waals surface area contributed by atoms with Crippen molar-refractivity contribution < 1.29 is 18.0 Å². The van der Waals surface area contributed by atoms with E-state index < -0.39 is 21.9 Å². The number of sulfone groups is 1. The molecule has 1 rings (SSSR count). The molecule has 3 amide bonds. The normalized spacial score (nSPS) is 12.3. The molecule has 0 aliphatic heterocycles. The lowest BCUT2D eigenvalue weighted by Gasteiger charge is -2.14. The lowest BCUT2D eigenvalue weighted by molar-refractivity contribution is -0.122. The fourth-order valence-electron chi connectivity index (χ4n) is 1.62. The Morgan fingerprint density at radius 1 is 1.18 bits per heavy atom. The number of rotatable bonds is 6. The molecule has 0 aliphatic carbocycles. The summed E-state index contributed by atoms with van der Waals surface area (Å²) in [5.74, 6) is -0.260. The van der Waals surface area contributed by atoms with Crippen LogP contribution < -0.4 is 16.0 Å². The van der Waals surface area contributed by atoms with Crippen LogP contribution in [0.2, 0.25) is 0 Å². The summed E-state index contributed by atoms with van der Waals surface area (Å²) >= 11 is 0. The van der Waals surface area contributed by atoms with Crippen molar-refractivity contribution in [3.63, 3.8) is 0 Å². The predicted molar refractivity (Wildman–Crippen MR) is 84.5 cm³/mol. The highest BCUT2D eigenvalue weighted by molar-refractivity contribution is 7.90. The van der Waals surface area contributed by atoms with E-state index >= 15 is 0 Å². The Kier molecular flexibility index (Phi) is 6.36. The van der Waals surface area contributed by atoms with Gasteiger partial charge in [-0.3, -0.25) is 4.79 Å². The quantitative estimate of drug-likeness (QED) is 0.728. The van der Waals surface area contributed by atoms with Crippen LogP contribution in [0.4, 0.5) is 10.5 Å². The number of carbonyl (C=O) groups is 2. The zero-order valence-corrected chi connectivity index (χ0v) is 13.7. The summed E-state index contributed by atoms with van der Waals surface area (Å²) in [5, 5.41) is 7.72. The zero-order valence-electron chi connectivity index (χ0n) is 12.8. The van der Waals surface area contributed by atoms with Gasteiger partial charge in [-0.1, -0.05) is 6.92 Å². The third-order valence-corrected chi connectivity index (χ3v) is 3.96. The van der Waals surface area contributed by atoms with Crippen LogP contribution in [0.5, 0.6) is 0 Å². The second-order valence-electron chi connectivity index (χ2n) is 4.91. The first-order valence-electron chi connectivity index (χ1n) is 6.89. The molecule has 0 saturated carbocycles. The summed E-state index contributed by atoms with van der Waals surface area (Å²) in [6, 6.07) is 4.58. The van der Waals surface area contributed by atoms with E-state index in [4.69, 9.17) is 0 Å². The molecule has 0 spiro atoms. The molecule has 8 heteroatoms. The Labute approximate surface area is 130 Å². The number of carbonyl (C=O) groups excluding carboxylic acids is 2. The van der Waals surface area contributed by atoms with Gasteiger partial charge < -0.3 is 16.0 Å². The molecular weight excluding hydrogens is 306 g/mol. The van der Waals surface area contributed by atoms with E-state index in [0.29, 0.717) is 12.2 Å². The minimum atomic E-state index is -3.27. The molecule has 0 bridgehead atoms. The minimum Gasteiger partial charge on any atom is -0.354 e. The van der Waals surface area contributed by atoms with E-state index in [9.17, 15) is 18.0 Å². The molecule has 1 atom stereocenters. The maximum absolute atomic E-state index is 11.8. The first-order chi connectivity index (χ1) is 10.2. The third-order valence-electron chi connectivity index (χ3n) is 2.83. The lowest BCUT2D eigenvalue weighted by Crippen LogP contribution is -2.46. The highest BCUT2D eigenvalue weighted by Gasteiger charge is 2.15. The average Bonchev–Trinajstić information content (AvgIpc) is 2.44. The van der Waals surface area contributed by atoms with Gasteiger partial charge in [0.25, 0.3) is 0 Å². The van der Waals surface area contributed by atoms with Gasteiger partial charge in [0, 0.05) is 18.5 Å². The zero-order chi connectivity index (χ0) is 16.8. The van der Waals surface area contributed by atoms with Crippen LogP contribution in [0.25, 0.3) is 0 Å². The van der Waals surface area contributed by atoms with Gasteiger partial charge in [-0.25, -0.2) is 13.2 Å². The second kappa shape index (κ2) is 7.79. The molecule has 122 valence electrons. The Balaban J connectivity index is 2.56. The summed E-state index contributed by atoms with van der Waals surface area (Å²) in [5.41, 5.74) is 0.436. The number of urea groups is 1. The fraction of sp³-hybridized carbons (Fsp3) is 0.429. The Morgan fingerprint density at radius 3 is 2.27 bits per heavy atom. The van der Waals surface area contributed by atoms with E-state index in [1.54, 1.807) is 6.92 Å². The van der Waals surface area contributed by atoms with E-state index in [1.165, 1.54) is 24.3 Å². The fourth-order valence-corrected chi connectivity index (χ4v) is 2.25. The highest BCUT2D eigenvalue weighted by Crippen LogP contribution is 2.13. The van der Waals surface area contributed by atoms with Crippen molar-refractivity contribution in [1.29, 1.82) is 0 Å². The van der Waals surface area contributed by atoms with Crippen molar-refractivity contribution in [1.82, 2.24) is 10.6 Å². The van der Waals surface area contributed by atoms with Crippen molar-refractivity contribution in [2.75, 3.05) is 18.1 Å². The van der Waals surface area contributed by atoms with Crippen LogP contribution in [0.3, 0.4) is 0 Å². The van der Waals surface area contributed by atoms with Crippen LogP contribution >= 0.6 is 0 Å². The maximum Gasteiger partial charge on any atom is 0.319 e. The van der Waals surface area contributed by atoms with Crippen molar-refractivity contribution in [2.45, 2.75) is 31.2 Å². The van der Waals surface area contributed by atoms with Gasteiger partial charge in [-0.15, -0.1) is 0 Å². The minimum absolute atomic E-state index is 0.172. The summed E-state index contributed by atoms with van der Waals surface area (Å²) in [7, 11) is -3.27. The van der Waals surface area contributed by atoms with Crippen LogP contribution in [0.15, 0.2) is 29.2 Å². The summed E-state index contributed by atoms with van der Waals surface area (Å²) in [6.07, 6.45) is 1.93. The smallest absolute Gasteiger partial charge is 0.319 e. The van der Waals surface area contributed by atoms with Crippen molar-refractivity contribution in [3.8, 4) is 0 Å². The lowest BCUT2D eigenvalue weighted by atomic mass is 10.3. The van der Waals surface area contributed by atoms with Gasteiger partial charge in [-0.05, 0) is 37.6 Å². The molecule has 3 N–H and O–H groups in total. The van der Waals surface area contributed by atoms with E-state index in [2.05, 4.69) is 16.0 Å². The van der Waals surface area contributed by atoms with Crippen LogP contribution in [-0.4, -0.2) is 39.2 Å². The van der Waals surface area contributed by atoms with Gasteiger partial charge in [0.05, 0.1) is 4.90 Å². The molecule has 1 aromatic carbocycles. The SMILES string of the molecule is CCCNC(=O)C(C)NC(=O)Nc1ccc(S(C)(=O)=O)cc1. The van der Waals surface area contributed by atoms with Crippen LogP contribution in [0.1, 0.15) is 20.3 Å². The van der Waals surface area contributed by atoms with Gasteiger partial charge in [-0.2, -0.15) is 0 Å². The number of nitrogens with one attached hydrogen (secondary N) is 3. The summed E-state index contributed by atoms with van der Waals surface area (Å²) in [4.78, 5) is 23.6. The molecule has 0 fully saturated rings. The molecule has 1 aromatic rings. The summed E-state index contributed by atoms with van der Waals surface area (Å²) < 4.78 is 22.7. The Morgan fingerprint density at radius 2 is 1.77 bits per heavy atom. The van der Waals surface area contributed by atoms with Gasteiger partial charge in [0.1, 0.15) is 6.04 Å². The first kappa shape index (κ1) is 18.0. The van der Waals surface area contributed by atoms with Gasteiger partial charge in [0.15, 0.2) is 9.84 Å². The largest absolute Gasteiger partial charge is 0.354 e. The molecule has 22 heavy (non-hydrogen) atoms. The molecule has 0 saturated heterocycles. The van der Waals surface area contributed by atoms with Crippen LogP contribution in [0, 0.1) is 0 Å². The van der Waals surface area contributed by atoms with E-state index in [-0.39, 0.29) is 10.8 Å². The summed E-state index contributed by atoms with van der Waals surface area (Å²) in [6.45, 7) is 4.07. The van der Waals surface area contributed by atoms with Gasteiger partial charge >= 0.3 is 6.03 Å². The number of hydrogen-bond acceptors (Lipinski definition) is 4. The van der Waals surface area contributed by atoms with Crippen LogP contribution in [-0.2, 0) is 14.6 Å². The third kappa shape index (κ3) is 5.72. The number of amides is 3. The molecule has 0 radical (unpaired) electrons. The molecule has 0 aliphatic rings. The van der Waals surface area contributed by atoms with E-state index in [1.807, 2.05) is 6.92 Å². The topological polar surface area (TPSA) is 104 Å². The highest BCUT2D eigenvalue weighted by atomic mass is 32.2. The average molecular weight is 327 g/mol. The van der Waals surface area contributed by atoms with E-state index in [0.717, 1.165) is 12.7 Å². The maximum atomic E-state index is 11.8. The molecule has 7 nitrogen and oxygen atoms in total. The van der Waals surface area contributed by atoms with Crippen molar-refractivity contribution in [2.24, 2.45) is 0 Å². The number of benzene rings is 1. The Bertz CT molecular complexity index is 626. The molecular formula is C14H21N3O4S. The monoisotopic (exact) mass is 327 g/mol. The Hall–Kier alpha value is -2.09. The predicted octanol–water partition coefficient (Wildman–Crippen LogP) is 1.13. The number of hydrogen-bond donors (Lipinski definition) is 3. The molecule has 0 aromatic heterocycles. The van der Waals surface area contributed by atoms with Crippen molar-refractivity contribution >= 4 is 27.5 Å². The van der Waals surface area contributed by atoms with Gasteiger partial charge in [0.2, 0.25) is 5.91 Å². The van der Waals surface area contributed by atoms with Crippen molar-refractivity contribution in [3.05, 3.63) is 24.3 Å². The second-order valence-corrected chi connectivity index (χ2v) is 6.92. The molecule has 0 heterocycles.